The maximum atomic E-state index is 9.48. The summed E-state index contributed by atoms with van der Waals surface area (Å²) in [6.45, 7) is 22.1. The molecule has 2 aliphatic heterocycles. The van der Waals surface area contributed by atoms with E-state index < -0.39 is 7.82 Å². The summed E-state index contributed by atoms with van der Waals surface area (Å²) in [4.78, 5) is 19.0. The molecule has 0 aromatic heterocycles. The lowest BCUT2D eigenvalue weighted by atomic mass is 10.3. The van der Waals surface area contributed by atoms with Gasteiger partial charge in [-0.25, -0.2) is 0 Å². The molecular weight excluding hydrogens is 387 g/mol. The van der Waals surface area contributed by atoms with E-state index in [0.717, 1.165) is 0 Å². The quantitative estimate of drug-likeness (QED) is 0.387. The van der Waals surface area contributed by atoms with Gasteiger partial charge in [0.15, 0.2) is 0 Å². The smallest absolute Gasteiger partial charge is 0.0788 e. The van der Waals surface area contributed by atoms with E-state index >= 15 is 0 Å². The fourth-order valence-corrected chi connectivity index (χ4v) is 4.87. The Morgan fingerprint density at radius 1 is 0.724 bits per heavy atom. The standard InChI is InChI=1S/2C10H22N.C2H7O4P/c2*1-3-5-8-11(4-2)9-6-7-10-11;1-2-6-7(3,4)5/h2*3-10H2,1-2H3;2H2,1H3,(H2,3,4,5)/q2*+1;/p-2. The summed E-state index contributed by atoms with van der Waals surface area (Å²) in [5, 5.41) is 0. The van der Waals surface area contributed by atoms with E-state index in [4.69, 9.17) is 0 Å². The zero-order valence-corrected chi connectivity index (χ0v) is 20.9. The Bertz CT molecular complexity index is 403. The van der Waals surface area contributed by atoms with Crippen molar-refractivity contribution in [2.45, 2.75) is 86.0 Å². The molecule has 2 aliphatic rings. The van der Waals surface area contributed by atoms with Crippen molar-refractivity contribution < 1.29 is 27.8 Å². The number of hydrogen-bond acceptors (Lipinski definition) is 4. The van der Waals surface area contributed by atoms with Gasteiger partial charge in [0.05, 0.1) is 60.2 Å². The van der Waals surface area contributed by atoms with Gasteiger partial charge in [-0.15, -0.1) is 0 Å². The minimum Gasteiger partial charge on any atom is -0.790 e. The highest BCUT2D eigenvalue weighted by atomic mass is 31.2. The van der Waals surface area contributed by atoms with Crippen LogP contribution in [0.25, 0.3) is 0 Å². The lowest BCUT2D eigenvalue weighted by Gasteiger charge is -2.32. The van der Waals surface area contributed by atoms with Crippen LogP contribution in [0.4, 0.5) is 0 Å². The Morgan fingerprint density at radius 2 is 1.07 bits per heavy atom. The third-order valence-electron chi connectivity index (χ3n) is 6.63. The minimum absolute atomic E-state index is 0.0791. The van der Waals surface area contributed by atoms with E-state index in [1.54, 1.807) is 0 Å². The summed E-state index contributed by atoms with van der Waals surface area (Å²) in [7, 11) is -4.67. The van der Waals surface area contributed by atoms with Gasteiger partial charge in [-0.3, -0.25) is 0 Å². The zero-order valence-electron chi connectivity index (χ0n) is 20.0. The van der Waals surface area contributed by atoms with Gasteiger partial charge in [0, 0.05) is 32.3 Å². The van der Waals surface area contributed by atoms with Crippen molar-refractivity contribution in [1.29, 1.82) is 0 Å². The maximum Gasteiger partial charge on any atom is 0.0788 e. The molecule has 2 heterocycles. The summed E-state index contributed by atoms with van der Waals surface area (Å²) in [5.41, 5.74) is 0. The second-order valence-electron chi connectivity index (χ2n) is 8.64. The fraction of sp³-hybridized carbons (Fsp3) is 1.00. The van der Waals surface area contributed by atoms with Crippen LogP contribution in [0, 0.1) is 0 Å². The Morgan fingerprint density at radius 3 is 1.24 bits per heavy atom. The number of unbranched alkanes of at least 4 members (excludes halogenated alkanes) is 2. The van der Waals surface area contributed by atoms with Crippen LogP contribution in [-0.2, 0) is 9.09 Å². The van der Waals surface area contributed by atoms with Crippen LogP contribution in [0.1, 0.15) is 86.0 Å². The number of quaternary nitrogens is 2. The van der Waals surface area contributed by atoms with E-state index in [1.807, 2.05) is 0 Å². The SMILES string of the molecule is CCCC[N+]1(CC)CCCC1.CCCC[N+]1(CC)CCCC1.CCOP(=O)([O-])[O-]. The number of phosphoric acid groups is 1. The molecule has 2 rings (SSSR count). The topological polar surface area (TPSA) is 72.4 Å². The maximum absolute atomic E-state index is 9.48. The van der Waals surface area contributed by atoms with Crippen LogP contribution >= 0.6 is 7.82 Å². The molecule has 0 atom stereocenters. The van der Waals surface area contributed by atoms with Gasteiger partial charge < -0.3 is 27.8 Å². The van der Waals surface area contributed by atoms with Crippen molar-refractivity contribution in [1.82, 2.24) is 0 Å². The second kappa shape index (κ2) is 15.8. The van der Waals surface area contributed by atoms with Crippen LogP contribution in [0.3, 0.4) is 0 Å². The van der Waals surface area contributed by atoms with Crippen LogP contribution in [0.5, 0.6) is 0 Å². The Balaban J connectivity index is 0.000000419. The fourth-order valence-electron chi connectivity index (χ4n) is 4.55. The molecule has 0 radical (unpaired) electrons. The Labute approximate surface area is 181 Å². The highest BCUT2D eigenvalue weighted by Gasteiger charge is 2.29. The summed E-state index contributed by atoms with van der Waals surface area (Å²) < 4.78 is 16.0. The average Bonchev–Trinajstić information content (AvgIpc) is 3.35. The molecular formula is C22H49N2O4P. The van der Waals surface area contributed by atoms with E-state index in [9.17, 15) is 14.4 Å². The normalized spacial score (nSPS) is 19.8. The first-order chi connectivity index (χ1) is 13.7. The molecule has 2 fully saturated rings. The van der Waals surface area contributed by atoms with Gasteiger partial charge in [0.2, 0.25) is 0 Å². The van der Waals surface area contributed by atoms with E-state index in [2.05, 4.69) is 32.2 Å². The van der Waals surface area contributed by atoms with Crippen LogP contribution in [0.15, 0.2) is 0 Å². The van der Waals surface area contributed by atoms with Crippen LogP contribution < -0.4 is 9.79 Å². The first-order valence-electron chi connectivity index (χ1n) is 12.1. The Kier molecular flexibility index (Phi) is 15.8. The largest absolute Gasteiger partial charge is 0.790 e. The third-order valence-corrected chi connectivity index (χ3v) is 7.21. The predicted octanol–water partition coefficient (Wildman–Crippen LogP) is 3.69. The number of rotatable bonds is 10. The van der Waals surface area contributed by atoms with Crippen molar-refractivity contribution in [3.63, 3.8) is 0 Å². The highest BCUT2D eigenvalue weighted by Crippen LogP contribution is 2.23. The van der Waals surface area contributed by atoms with Gasteiger partial charge in [-0.1, -0.05) is 26.7 Å². The highest BCUT2D eigenvalue weighted by molar-refractivity contribution is 7.43. The van der Waals surface area contributed by atoms with Gasteiger partial charge in [-0.05, 0) is 33.6 Å². The molecule has 2 saturated heterocycles. The van der Waals surface area contributed by atoms with Gasteiger partial charge in [-0.2, -0.15) is 0 Å². The molecule has 29 heavy (non-hydrogen) atoms. The van der Waals surface area contributed by atoms with Crippen molar-refractivity contribution >= 4 is 7.82 Å². The molecule has 0 aromatic rings. The molecule has 0 unspecified atom stereocenters. The minimum atomic E-state index is -4.67. The first-order valence-corrected chi connectivity index (χ1v) is 13.5. The monoisotopic (exact) mass is 436 g/mol. The van der Waals surface area contributed by atoms with E-state index in [0.29, 0.717) is 0 Å². The molecule has 0 N–H and O–H groups in total. The first kappa shape index (κ1) is 29.0. The second-order valence-corrected chi connectivity index (χ2v) is 9.80. The van der Waals surface area contributed by atoms with Gasteiger partial charge >= 0.3 is 0 Å². The number of nitrogens with zero attached hydrogens (tertiary/aromatic N) is 2. The van der Waals surface area contributed by atoms with Crippen molar-refractivity contribution in [3.8, 4) is 0 Å². The number of hydrogen-bond donors (Lipinski definition) is 0. The summed E-state index contributed by atoms with van der Waals surface area (Å²) in [5.74, 6) is 0. The van der Waals surface area contributed by atoms with E-state index in [1.165, 1.54) is 120 Å². The lowest BCUT2D eigenvalue weighted by Crippen LogP contribution is -2.45. The molecule has 0 aromatic carbocycles. The van der Waals surface area contributed by atoms with Crippen molar-refractivity contribution in [2.75, 3.05) is 59.0 Å². The van der Waals surface area contributed by atoms with Crippen molar-refractivity contribution in [3.05, 3.63) is 0 Å². The van der Waals surface area contributed by atoms with Gasteiger partial charge in [0.25, 0.3) is 0 Å². The van der Waals surface area contributed by atoms with Crippen LogP contribution in [0.2, 0.25) is 0 Å². The molecule has 6 nitrogen and oxygen atoms in total. The molecule has 0 amide bonds. The van der Waals surface area contributed by atoms with Gasteiger partial charge in [0.1, 0.15) is 0 Å². The van der Waals surface area contributed by atoms with Crippen LogP contribution in [-0.4, -0.2) is 67.9 Å². The predicted molar refractivity (Wildman–Crippen MR) is 118 cm³/mol. The summed E-state index contributed by atoms with van der Waals surface area (Å²) >= 11 is 0. The molecule has 176 valence electrons. The zero-order chi connectivity index (χ0) is 22.2. The molecule has 0 saturated carbocycles. The molecule has 0 spiro atoms. The molecule has 0 aliphatic carbocycles. The van der Waals surface area contributed by atoms with Crippen molar-refractivity contribution in [2.24, 2.45) is 0 Å². The molecule has 0 bridgehead atoms. The summed E-state index contributed by atoms with van der Waals surface area (Å²) in [6, 6.07) is 0. The summed E-state index contributed by atoms with van der Waals surface area (Å²) in [6.07, 6.45) is 11.5. The number of likely N-dealkylation sites (tertiary alicyclic amines) is 2. The third kappa shape index (κ3) is 13.1. The average molecular weight is 437 g/mol. The Hall–Kier alpha value is 0.0300. The number of phosphoric ester groups is 1. The van der Waals surface area contributed by atoms with E-state index in [-0.39, 0.29) is 6.61 Å². The lowest BCUT2D eigenvalue weighted by molar-refractivity contribution is -0.915. The molecule has 7 heteroatoms.